The molecule has 1 aliphatic rings. The lowest BCUT2D eigenvalue weighted by Gasteiger charge is -2.54. The number of anilines is 3. The van der Waals surface area contributed by atoms with Crippen LogP contribution in [0.5, 0.6) is 0 Å². The maximum Gasteiger partial charge on any atom is 0.338 e. The molecule has 0 spiro atoms. The number of carbonyl (C=O) groups excluding carboxylic acids is 1. The molecule has 8 heteroatoms. The van der Waals surface area contributed by atoms with Crippen LogP contribution in [0, 0.1) is 0 Å². The molecule has 0 aliphatic carbocycles. The molecule has 1 aromatic carbocycles. The van der Waals surface area contributed by atoms with Crippen LogP contribution in [0.3, 0.4) is 0 Å². The third kappa shape index (κ3) is 7.05. The first-order chi connectivity index (χ1) is 16.7. The van der Waals surface area contributed by atoms with Crippen molar-refractivity contribution in [2.75, 3.05) is 28.6 Å². The third-order valence-electron chi connectivity index (χ3n) is 6.40. The second-order valence-electron chi connectivity index (χ2n) is 10.6. The van der Waals surface area contributed by atoms with Crippen LogP contribution in [0.2, 0.25) is 0 Å². The lowest BCUT2D eigenvalue weighted by Crippen LogP contribution is -2.63. The number of unbranched alkanes of at least 4 members (excludes halogenated alkanes) is 2. The van der Waals surface area contributed by atoms with E-state index in [0.717, 1.165) is 38.8 Å². The number of benzene rings is 1. The lowest BCUT2D eigenvalue weighted by atomic mass is 9.78. The molecule has 2 aromatic rings. The maximum absolute atomic E-state index is 12.7. The molecule has 0 bridgehead atoms. The quantitative estimate of drug-likeness (QED) is 0.312. The Balaban J connectivity index is 1.85. The van der Waals surface area contributed by atoms with E-state index in [1.165, 1.54) is 0 Å². The summed E-state index contributed by atoms with van der Waals surface area (Å²) in [5.74, 6) is 1.54. The molecular weight excluding hydrogens is 440 g/mol. The normalized spacial score (nSPS) is 17.1. The fourth-order valence-corrected chi connectivity index (χ4v) is 4.98. The van der Waals surface area contributed by atoms with Gasteiger partial charge in [-0.1, -0.05) is 44.9 Å². The van der Waals surface area contributed by atoms with Crippen LogP contribution in [-0.2, 0) is 4.74 Å². The fraction of sp³-hybridized carbons (Fsp3) is 0.630. The molecule has 35 heavy (non-hydrogen) atoms. The van der Waals surface area contributed by atoms with Crippen molar-refractivity contribution in [3.63, 3.8) is 0 Å². The molecule has 0 unspecified atom stereocenters. The Bertz CT molecular complexity index is 917. The summed E-state index contributed by atoms with van der Waals surface area (Å²) in [4.78, 5) is 29.3. The summed E-state index contributed by atoms with van der Waals surface area (Å²) in [6.45, 7) is 14.6. The van der Waals surface area contributed by atoms with Gasteiger partial charge < -0.3 is 20.3 Å². The Kier molecular flexibility index (Phi) is 8.92. The number of carbonyl (C=O) groups is 1. The zero-order valence-corrected chi connectivity index (χ0v) is 22.2. The van der Waals surface area contributed by atoms with Crippen molar-refractivity contribution in [3.8, 4) is 0 Å². The average Bonchev–Trinajstić information content (AvgIpc) is 2.78. The molecular formula is C27H42N6O2. The predicted molar refractivity (Wildman–Crippen MR) is 142 cm³/mol. The monoisotopic (exact) mass is 482 g/mol. The van der Waals surface area contributed by atoms with Gasteiger partial charge in [0.2, 0.25) is 17.8 Å². The van der Waals surface area contributed by atoms with Crippen LogP contribution >= 0.6 is 0 Å². The average molecular weight is 483 g/mol. The first-order valence-corrected chi connectivity index (χ1v) is 13.0. The largest absolute Gasteiger partial charge is 0.459 e. The Morgan fingerprint density at radius 1 is 0.914 bits per heavy atom. The topological polar surface area (TPSA) is 92.3 Å². The highest BCUT2D eigenvalue weighted by Crippen LogP contribution is 2.42. The molecule has 8 nitrogen and oxygen atoms in total. The molecule has 3 rings (SSSR count). The van der Waals surface area contributed by atoms with Crippen LogP contribution < -0.4 is 15.5 Å². The minimum absolute atomic E-state index is 0.199. The van der Waals surface area contributed by atoms with Gasteiger partial charge in [-0.25, -0.2) is 4.79 Å². The Hall–Kier alpha value is -2.90. The van der Waals surface area contributed by atoms with Crippen molar-refractivity contribution >= 4 is 23.8 Å². The second-order valence-corrected chi connectivity index (χ2v) is 10.6. The Labute approximate surface area is 210 Å². The van der Waals surface area contributed by atoms with Crippen molar-refractivity contribution in [2.24, 2.45) is 0 Å². The molecule has 2 heterocycles. The minimum Gasteiger partial charge on any atom is -0.459 e. The summed E-state index contributed by atoms with van der Waals surface area (Å²) < 4.78 is 5.97. The summed E-state index contributed by atoms with van der Waals surface area (Å²) in [5, 5.41) is 6.73. The second kappa shape index (κ2) is 11.7. The number of aromatic nitrogens is 3. The molecule has 1 aliphatic heterocycles. The van der Waals surface area contributed by atoms with Gasteiger partial charge in [-0.15, -0.1) is 0 Å². The third-order valence-corrected chi connectivity index (χ3v) is 6.40. The number of hydrogen-bond acceptors (Lipinski definition) is 8. The highest BCUT2D eigenvalue weighted by Gasteiger charge is 2.48. The molecule has 0 amide bonds. The van der Waals surface area contributed by atoms with E-state index in [-0.39, 0.29) is 23.2 Å². The standard InChI is InChI=1S/C27H42N6O2/c1-7-9-16-28-23-30-24(29-17-10-8-2)32-25(31-23)33-26(3,4)18-21(19-27(33,5)6)35-22(34)20-14-12-11-13-15-20/h11-15,21H,7-10,16-19H2,1-6H3,(H2,28,29,30,31,32). The van der Waals surface area contributed by atoms with Crippen LogP contribution in [-0.4, -0.2) is 51.2 Å². The number of nitrogens with zero attached hydrogens (tertiary/aromatic N) is 4. The fourth-order valence-electron chi connectivity index (χ4n) is 4.98. The highest BCUT2D eigenvalue weighted by atomic mass is 16.5. The zero-order chi connectivity index (χ0) is 25.5. The van der Waals surface area contributed by atoms with Crippen molar-refractivity contribution < 1.29 is 9.53 Å². The number of rotatable bonds is 11. The van der Waals surface area contributed by atoms with Crippen molar-refractivity contribution in [2.45, 2.75) is 97.2 Å². The number of ether oxygens (including phenoxy) is 1. The van der Waals surface area contributed by atoms with E-state index >= 15 is 0 Å². The van der Waals surface area contributed by atoms with E-state index in [1.807, 2.05) is 18.2 Å². The number of nitrogens with one attached hydrogen (secondary N) is 2. The number of esters is 1. The van der Waals surface area contributed by atoms with Crippen LogP contribution in [0.25, 0.3) is 0 Å². The molecule has 0 saturated carbocycles. The van der Waals surface area contributed by atoms with Gasteiger partial charge in [0.1, 0.15) is 6.10 Å². The SMILES string of the molecule is CCCCNc1nc(NCCCC)nc(N2C(C)(C)CC(OC(=O)c3ccccc3)CC2(C)C)n1. The van der Waals surface area contributed by atoms with Crippen molar-refractivity contribution in [1.82, 2.24) is 15.0 Å². The molecule has 192 valence electrons. The van der Waals surface area contributed by atoms with E-state index in [4.69, 9.17) is 14.7 Å². The summed E-state index contributed by atoms with van der Waals surface area (Å²) in [6.07, 6.45) is 5.46. The van der Waals surface area contributed by atoms with Gasteiger partial charge in [0.05, 0.1) is 5.56 Å². The predicted octanol–water partition coefficient (Wildman–Crippen LogP) is 5.68. The summed E-state index contributed by atoms with van der Waals surface area (Å²) in [7, 11) is 0. The summed E-state index contributed by atoms with van der Waals surface area (Å²) in [6, 6.07) is 9.18. The summed E-state index contributed by atoms with van der Waals surface area (Å²) in [5.41, 5.74) is -0.105. The van der Waals surface area contributed by atoms with Gasteiger partial charge in [0.25, 0.3) is 0 Å². The highest BCUT2D eigenvalue weighted by molar-refractivity contribution is 5.89. The Morgan fingerprint density at radius 2 is 1.43 bits per heavy atom. The van der Waals surface area contributed by atoms with Gasteiger partial charge in [-0.3, -0.25) is 0 Å². The van der Waals surface area contributed by atoms with E-state index in [2.05, 4.69) is 62.1 Å². The maximum atomic E-state index is 12.7. The van der Waals surface area contributed by atoms with Crippen LogP contribution in [0.1, 0.15) is 90.4 Å². The molecule has 2 N–H and O–H groups in total. The van der Waals surface area contributed by atoms with Gasteiger partial charge in [0.15, 0.2) is 0 Å². The van der Waals surface area contributed by atoms with Gasteiger partial charge in [-0.05, 0) is 52.7 Å². The molecule has 0 atom stereocenters. The van der Waals surface area contributed by atoms with E-state index in [1.54, 1.807) is 12.1 Å². The van der Waals surface area contributed by atoms with E-state index in [0.29, 0.717) is 36.3 Å². The smallest absolute Gasteiger partial charge is 0.338 e. The van der Waals surface area contributed by atoms with Crippen molar-refractivity contribution in [3.05, 3.63) is 35.9 Å². The van der Waals surface area contributed by atoms with E-state index < -0.39 is 0 Å². The van der Waals surface area contributed by atoms with Gasteiger partial charge in [-0.2, -0.15) is 15.0 Å². The Morgan fingerprint density at radius 3 is 1.91 bits per heavy atom. The molecule has 0 radical (unpaired) electrons. The first-order valence-electron chi connectivity index (χ1n) is 13.0. The molecule has 1 fully saturated rings. The van der Waals surface area contributed by atoms with Crippen LogP contribution in [0.4, 0.5) is 17.8 Å². The van der Waals surface area contributed by atoms with E-state index in [9.17, 15) is 4.79 Å². The first kappa shape index (κ1) is 26.7. The minimum atomic E-state index is -0.341. The molecule has 1 saturated heterocycles. The number of piperidine rings is 1. The summed E-state index contributed by atoms with van der Waals surface area (Å²) >= 11 is 0. The number of hydrogen-bond donors (Lipinski definition) is 2. The lowest BCUT2D eigenvalue weighted by molar-refractivity contribution is 0.00316. The van der Waals surface area contributed by atoms with Crippen LogP contribution in [0.15, 0.2) is 30.3 Å². The zero-order valence-electron chi connectivity index (χ0n) is 22.2. The van der Waals surface area contributed by atoms with Gasteiger partial charge >= 0.3 is 5.97 Å². The molecule has 1 aromatic heterocycles. The van der Waals surface area contributed by atoms with Crippen molar-refractivity contribution in [1.29, 1.82) is 0 Å². The van der Waals surface area contributed by atoms with Gasteiger partial charge in [0, 0.05) is 37.0 Å².